The third-order valence-electron chi connectivity index (χ3n) is 3.36. The number of aromatic nitrogens is 1. The highest BCUT2D eigenvalue weighted by molar-refractivity contribution is 5.92. The van der Waals surface area contributed by atoms with Crippen molar-refractivity contribution in [3.8, 4) is 17.1 Å². The second-order valence-electron chi connectivity index (χ2n) is 5.02. The Balaban J connectivity index is 1.69. The summed E-state index contributed by atoms with van der Waals surface area (Å²) in [6.45, 7) is 0. The molecule has 5 heteroatoms. The minimum Gasteiger partial charge on any atom is -0.497 e. The predicted molar refractivity (Wildman–Crippen MR) is 87.3 cm³/mol. The third-order valence-corrected chi connectivity index (χ3v) is 3.36. The molecule has 1 N–H and O–H groups in total. The summed E-state index contributed by atoms with van der Waals surface area (Å²) >= 11 is 0. The molecule has 116 valence electrons. The SMILES string of the molecule is COc1cccc(CC(=O)Nc2cccc(-c3cnco3)c2)c1. The van der Waals surface area contributed by atoms with Crippen molar-refractivity contribution in [3.63, 3.8) is 0 Å². The van der Waals surface area contributed by atoms with Crippen LogP contribution >= 0.6 is 0 Å². The van der Waals surface area contributed by atoms with Crippen LogP contribution in [0.2, 0.25) is 0 Å². The van der Waals surface area contributed by atoms with Crippen LogP contribution in [0.3, 0.4) is 0 Å². The van der Waals surface area contributed by atoms with Crippen molar-refractivity contribution in [3.05, 3.63) is 66.7 Å². The lowest BCUT2D eigenvalue weighted by Crippen LogP contribution is -2.14. The van der Waals surface area contributed by atoms with Gasteiger partial charge in [0.25, 0.3) is 0 Å². The van der Waals surface area contributed by atoms with Gasteiger partial charge in [0, 0.05) is 11.3 Å². The Hall–Kier alpha value is -3.08. The van der Waals surface area contributed by atoms with Gasteiger partial charge in [-0.2, -0.15) is 0 Å². The normalized spacial score (nSPS) is 10.3. The lowest BCUT2D eigenvalue weighted by atomic mass is 10.1. The fourth-order valence-electron chi connectivity index (χ4n) is 2.28. The molecule has 1 heterocycles. The minimum absolute atomic E-state index is 0.0898. The molecule has 0 fully saturated rings. The van der Waals surface area contributed by atoms with E-state index in [0.29, 0.717) is 11.4 Å². The summed E-state index contributed by atoms with van der Waals surface area (Å²) in [6, 6.07) is 14.9. The van der Waals surface area contributed by atoms with Gasteiger partial charge < -0.3 is 14.5 Å². The fraction of sp³-hybridized carbons (Fsp3) is 0.111. The maximum Gasteiger partial charge on any atom is 0.228 e. The Morgan fingerprint density at radius 3 is 2.87 bits per heavy atom. The van der Waals surface area contributed by atoms with Gasteiger partial charge in [0.1, 0.15) is 5.75 Å². The summed E-state index contributed by atoms with van der Waals surface area (Å²) in [6.07, 6.45) is 3.30. The number of rotatable bonds is 5. The molecule has 0 spiro atoms. The van der Waals surface area contributed by atoms with E-state index >= 15 is 0 Å². The zero-order valence-corrected chi connectivity index (χ0v) is 12.7. The molecule has 0 aliphatic rings. The standard InChI is InChI=1S/C18H16N2O3/c1-22-16-7-2-4-13(8-16)9-18(21)20-15-6-3-5-14(10-15)17-11-19-12-23-17/h2-8,10-12H,9H2,1H3,(H,20,21). The van der Waals surface area contributed by atoms with Crippen molar-refractivity contribution in [2.45, 2.75) is 6.42 Å². The summed E-state index contributed by atoms with van der Waals surface area (Å²) in [4.78, 5) is 16.1. The van der Waals surface area contributed by atoms with Crippen molar-refractivity contribution in [1.82, 2.24) is 4.98 Å². The number of nitrogens with zero attached hydrogens (tertiary/aromatic N) is 1. The molecule has 0 saturated carbocycles. The predicted octanol–water partition coefficient (Wildman–Crippen LogP) is 3.53. The van der Waals surface area contributed by atoms with Crippen LogP contribution in [0.1, 0.15) is 5.56 Å². The number of benzene rings is 2. The number of hydrogen-bond donors (Lipinski definition) is 1. The van der Waals surface area contributed by atoms with E-state index in [4.69, 9.17) is 9.15 Å². The van der Waals surface area contributed by atoms with Gasteiger partial charge in [0.15, 0.2) is 12.2 Å². The van der Waals surface area contributed by atoms with Gasteiger partial charge in [-0.05, 0) is 29.8 Å². The topological polar surface area (TPSA) is 64.4 Å². The van der Waals surface area contributed by atoms with Gasteiger partial charge in [-0.25, -0.2) is 4.98 Å². The molecule has 0 aliphatic carbocycles. The van der Waals surface area contributed by atoms with Crippen LogP contribution < -0.4 is 10.1 Å². The van der Waals surface area contributed by atoms with Crippen molar-refractivity contribution in [1.29, 1.82) is 0 Å². The molecule has 23 heavy (non-hydrogen) atoms. The highest BCUT2D eigenvalue weighted by atomic mass is 16.5. The Morgan fingerprint density at radius 1 is 1.22 bits per heavy atom. The highest BCUT2D eigenvalue weighted by Gasteiger charge is 2.07. The van der Waals surface area contributed by atoms with E-state index in [0.717, 1.165) is 16.9 Å². The first-order valence-electron chi connectivity index (χ1n) is 7.16. The number of amides is 1. The van der Waals surface area contributed by atoms with Crippen LogP contribution in [0.15, 0.2) is 65.5 Å². The summed E-state index contributed by atoms with van der Waals surface area (Å²) < 4.78 is 10.4. The van der Waals surface area contributed by atoms with E-state index in [-0.39, 0.29) is 12.3 Å². The van der Waals surface area contributed by atoms with E-state index < -0.39 is 0 Å². The maximum absolute atomic E-state index is 12.2. The minimum atomic E-state index is -0.0898. The number of ether oxygens (including phenoxy) is 1. The largest absolute Gasteiger partial charge is 0.497 e. The van der Waals surface area contributed by atoms with Gasteiger partial charge in [0.2, 0.25) is 5.91 Å². The molecule has 0 atom stereocenters. The highest BCUT2D eigenvalue weighted by Crippen LogP contribution is 2.22. The third kappa shape index (κ3) is 3.77. The molecule has 1 aromatic heterocycles. The molecule has 3 aromatic rings. The Kier molecular flexibility index (Phi) is 4.38. The Labute approximate surface area is 133 Å². The molecule has 2 aromatic carbocycles. The zero-order valence-electron chi connectivity index (χ0n) is 12.7. The first-order valence-corrected chi connectivity index (χ1v) is 7.16. The molecule has 0 aliphatic heterocycles. The van der Waals surface area contributed by atoms with E-state index in [2.05, 4.69) is 10.3 Å². The van der Waals surface area contributed by atoms with Crippen LogP contribution in [0.25, 0.3) is 11.3 Å². The number of methoxy groups -OCH3 is 1. The average molecular weight is 308 g/mol. The van der Waals surface area contributed by atoms with E-state index in [1.54, 1.807) is 13.3 Å². The van der Waals surface area contributed by atoms with Gasteiger partial charge in [-0.3, -0.25) is 4.79 Å². The lowest BCUT2D eigenvalue weighted by molar-refractivity contribution is -0.115. The monoisotopic (exact) mass is 308 g/mol. The van der Waals surface area contributed by atoms with Crippen LogP contribution in [-0.2, 0) is 11.2 Å². The summed E-state index contributed by atoms with van der Waals surface area (Å²) in [5, 5.41) is 2.89. The molecule has 0 radical (unpaired) electrons. The van der Waals surface area contributed by atoms with Gasteiger partial charge in [-0.1, -0.05) is 24.3 Å². The van der Waals surface area contributed by atoms with Gasteiger partial charge in [-0.15, -0.1) is 0 Å². The van der Waals surface area contributed by atoms with Crippen molar-refractivity contribution < 1.29 is 13.9 Å². The molecule has 3 rings (SSSR count). The molecule has 5 nitrogen and oxygen atoms in total. The second-order valence-corrected chi connectivity index (χ2v) is 5.02. The van der Waals surface area contributed by atoms with Crippen molar-refractivity contribution >= 4 is 11.6 Å². The van der Waals surface area contributed by atoms with Gasteiger partial charge >= 0.3 is 0 Å². The van der Waals surface area contributed by atoms with Gasteiger partial charge in [0.05, 0.1) is 19.7 Å². The summed E-state index contributed by atoms with van der Waals surface area (Å²) in [5.74, 6) is 1.31. The number of oxazole rings is 1. The van der Waals surface area contributed by atoms with Crippen LogP contribution in [0, 0.1) is 0 Å². The van der Waals surface area contributed by atoms with E-state index in [1.165, 1.54) is 6.39 Å². The Bertz CT molecular complexity index is 798. The number of carbonyl (C=O) groups excluding carboxylic acids is 1. The summed E-state index contributed by atoms with van der Waals surface area (Å²) in [7, 11) is 1.61. The van der Waals surface area contributed by atoms with Crippen molar-refractivity contribution in [2.75, 3.05) is 12.4 Å². The van der Waals surface area contributed by atoms with Crippen LogP contribution in [0.5, 0.6) is 5.75 Å². The molecular formula is C18H16N2O3. The second kappa shape index (κ2) is 6.79. The fourth-order valence-corrected chi connectivity index (χ4v) is 2.28. The molecule has 1 amide bonds. The first kappa shape index (κ1) is 14.8. The maximum atomic E-state index is 12.2. The molecule has 0 unspecified atom stereocenters. The Morgan fingerprint density at radius 2 is 2.09 bits per heavy atom. The molecule has 0 bridgehead atoms. The smallest absolute Gasteiger partial charge is 0.228 e. The van der Waals surface area contributed by atoms with Crippen LogP contribution in [-0.4, -0.2) is 18.0 Å². The van der Waals surface area contributed by atoms with E-state index in [1.807, 2.05) is 48.5 Å². The quantitative estimate of drug-likeness (QED) is 0.783. The molecular weight excluding hydrogens is 292 g/mol. The van der Waals surface area contributed by atoms with E-state index in [9.17, 15) is 4.79 Å². The summed E-state index contributed by atoms with van der Waals surface area (Å²) in [5.41, 5.74) is 2.47. The molecule has 0 saturated heterocycles. The average Bonchev–Trinajstić information content (AvgIpc) is 3.09. The first-order chi connectivity index (χ1) is 11.2. The number of carbonyl (C=O) groups is 1. The number of nitrogens with one attached hydrogen (secondary N) is 1. The number of hydrogen-bond acceptors (Lipinski definition) is 4. The number of anilines is 1. The lowest BCUT2D eigenvalue weighted by Gasteiger charge is -2.07. The van der Waals surface area contributed by atoms with Crippen LogP contribution in [0.4, 0.5) is 5.69 Å². The zero-order chi connectivity index (χ0) is 16.1. The van der Waals surface area contributed by atoms with Crippen molar-refractivity contribution in [2.24, 2.45) is 0 Å².